The van der Waals surface area contributed by atoms with Crippen LogP contribution >= 0.6 is 0 Å². The fraction of sp³-hybridized carbons (Fsp3) is 0.625. The quantitative estimate of drug-likeness (QED) is 0.906. The maximum absolute atomic E-state index is 14.2. The number of nitrogens with zero attached hydrogens (tertiary/aromatic N) is 2. The zero-order chi connectivity index (χ0) is 15.4. The molecule has 1 heterocycles. The van der Waals surface area contributed by atoms with Gasteiger partial charge >= 0.3 is 0 Å². The highest BCUT2D eigenvalue weighted by molar-refractivity contribution is 5.51. The number of rotatable bonds is 5. The summed E-state index contributed by atoms with van der Waals surface area (Å²) in [6, 6.07) is 3.00. The van der Waals surface area contributed by atoms with E-state index in [9.17, 15) is 8.78 Å². The monoisotopic (exact) mass is 297 g/mol. The minimum atomic E-state index is -0.487. The number of hydrogen-bond donors (Lipinski definition) is 1. The fourth-order valence-electron chi connectivity index (χ4n) is 3.07. The van der Waals surface area contributed by atoms with E-state index in [0.717, 1.165) is 32.5 Å². The average Bonchev–Trinajstić information content (AvgIpc) is 2.47. The standard InChI is InChI=1S/C16H25F2N3/c1-3-21-8-5-13(6-9-21)20(2)16-14(17)10-12(4-7-19)11-15(16)18/h10-11,13H,3-9,19H2,1-2H3. The first-order valence-electron chi connectivity index (χ1n) is 7.70. The van der Waals surface area contributed by atoms with Crippen LogP contribution in [0.4, 0.5) is 14.5 Å². The van der Waals surface area contributed by atoms with E-state index in [2.05, 4.69) is 11.8 Å². The Kier molecular flexibility index (Phi) is 5.53. The zero-order valence-corrected chi connectivity index (χ0v) is 12.9. The van der Waals surface area contributed by atoms with Crippen LogP contribution in [0, 0.1) is 11.6 Å². The molecule has 0 bridgehead atoms. The molecule has 0 aromatic heterocycles. The van der Waals surface area contributed by atoms with Crippen molar-refractivity contribution in [1.82, 2.24) is 4.90 Å². The van der Waals surface area contributed by atoms with Crippen molar-refractivity contribution in [3.05, 3.63) is 29.3 Å². The van der Waals surface area contributed by atoms with Crippen LogP contribution in [-0.4, -0.2) is 44.2 Å². The molecular weight excluding hydrogens is 272 g/mol. The second-order valence-corrected chi connectivity index (χ2v) is 5.72. The van der Waals surface area contributed by atoms with Crippen LogP contribution in [-0.2, 0) is 6.42 Å². The van der Waals surface area contributed by atoms with Gasteiger partial charge in [0.25, 0.3) is 0 Å². The maximum atomic E-state index is 14.2. The summed E-state index contributed by atoms with van der Waals surface area (Å²) in [5.41, 5.74) is 6.15. The molecule has 1 saturated heterocycles. The van der Waals surface area contributed by atoms with Crippen LogP contribution < -0.4 is 10.6 Å². The molecule has 0 aliphatic carbocycles. The van der Waals surface area contributed by atoms with Gasteiger partial charge in [-0.1, -0.05) is 6.92 Å². The van der Waals surface area contributed by atoms with Crippen LogP contribution in [0.2, 0.25) is 0 Å². The van der Waals surface area contributed by atoms with Crippen molar-refractivity contribution in [1.29, 1.82) is 0 Å². The second-order valence-electron chi connectivity index (χ2n) is 5.72. The van der Waals surface area contributed by atoms with Crippen molar-refractivity contribution in [3.8, 4) is 0 Å². The molecule has 1 aromatic carbocycles. The van der Waals surface area contributed by atoms with Crippen LogP contribution in [0.3, 0.4) is 0 Å². The minimum absolute atomic E-state index is 0.0886. The summed E-state index contributed by atoms with van der Waals surface area (Å²) < 4.78 is 28.5. The van der Waals surface area contributed by atoms with Gasteiger partial charge in [-0.15, -0.1) is 0 Å². The van der Waals surface area contributed by atoms with E-state index in [1.165, 1.54) is 12.1 Å². The Bertz CT molecular complexity index is 448. The van der Waals surface area contributed by atoms with Crippen molar-refractivity contribution in [2.24, 2.45) is 5.73 Å². The number of piperidine rings is 1. The predicted molar refractivity (Wildman–Crippen MR) is 82.7 cm³/mol. The summed E-state index contributed by atoms with van der Waals surface area (Å²) in [7, 11) is 1.79. The lowest BCUT2D eigenvalue weighted by atomic mass is 10.0. The van der Waals surface area contributed by atoms with E-state index >= 15 is 0 Å². The summed E-state index contributed by atoms with van der Waals surface area (Å²) in [5.74, 6) is -0.974. The van der Waals surface area contributed by atoms with Crippen LogP contribution in [0.15, 0.2) is 12.1 Å². The highest BCUT2D eigenvalue weighted by Gasteiger charge is 2.25. The molecule has 0 radical (unpaired) electrons. The second kappa shape index (κ2) is 7.18. The number of benzene rings is 1. The molecule has 3 nitrogen and oxygen atoms in total. The third-order valence-corrected chi connectivity index (χ3v) is 4.41. The largest absolute Gasteiger partial charge is 0.367 e. The molecule has 1 fully saturated rings. The molecule has 21 heavy (non-hydrogen) atoms. The minimum Gasteiger partial charge on any atom is -0.367 e. The van der Waals surface area contributed by atoms with Gasteiger partial charge in [0, 0.05) is 26.2 Å². The van der Waals surface area contributed by atoms with Crippen molar-refractivity contribution in [2.45, 2.75) is 32.2 Å². The van der Waals surface area contributed by atoms with Gasteiger partial charge in [0.1, 0.15) is 17.3 Å². The molecule has 0 saturated carbocycles. The van der Waals surface area contributed by atoms with Crippen LogP contribution in [0.1, 0.15) is 25.3 Å². The molecule has 0 unspecified atom stereocenters. The number of halogens is 2. The first-order chi connectivity index (χ1) is 10.1. The number of anilines is 1. The summed E-state index contributed by atoms with van der Waals surface area (Å²) >= 11 is 0. The molecule has 5 heteroatoms. The Balaban J connectivity index is 2.14. The first-order valence-corrected chi connectivity index (χ1v) is 7.70. The van der Waals surface area contributed by atoms with Gasteiger partial charge in [-0.05, 0) is 50.0 Å². The van der Waals surface area contributed by atoms with Crippen LogP contribution in [0.25, 0.3) is 0 Å². The zero-order valence-electron chi connectivity index (χ0n) is 12.9. The molecule has 0 atom stereocenters. The van der Waals surface area contributed by atoms with E-state index in [0.29, 0.717) is 18.5 Å². The molecule has 1 aliphatic rings. The topological polar surface area (TPSA) is 32.5 Å². The van der Waals surface area contributed by atoms with Crippen molar-refractivity contribution in [2.75, 3.05) is 38.1 Å². The van der Waals surface area contributed by atoms with Gasteiger partial charge in [0.15, 0.2) is 0 Å². The normalized spacial score (nSPS) is 17.2. The number of nitrogens with two attached hydrogens (primary N) is 1. The Morgan fingerprint density at radius 2 is 1.81 bits per heavy atom. The van der Waals surface area contributed by atoms with E-state index < -0.39 is 11.6 Å². The van der Waals surface area contributed by atoms with Gasteiger partial charge in [0.2, 0.25) is 0 Å². The van der Waals surface area contributed by atoms with E-state index in [-0.39, 0.29) is 11.7 Å². The number of hydrogen-bond acceptors (Lipinski definition) is 3. The van der Waals surface area contributed by atoms with Gasteiger partial charge in [-0.2, -0.15) is 0 Å². The molecule has 1 aromatic rings. The first kappa shape index (κ1) is 16.2. The van der Waals surface area contributed by atoms with Gasteiger partial charge < -0.3 is 15.5 Å². The molecule has 0 amide bonds. The average molecular weight is 297 g/mol. The van der Waals surface area contributed by atoms with Gasteiger partial charge in [-0.3, -0.25) is 0 Å². The molecular formula is C16H25F2N3. The van der Waals surface area contributed by atoms with Crippen molar-refractivity contribution in [3.63, 3.8) is 0 Å². The third kappa shape index (κ3) is 3.71. The Morgan fingerprint density at radius 3 is 2.29 bits per heavy atom. The Labute approximate surface area is 125 Å². The summed E-state index contributed by atoms with van der Waals surface area (Å²) in [4.78, 5) is 4.13. The van der Waals surface area contributed by atoms with E-state index in [1.807, 2.05) is 0 Å². The van der Waals surface area contributed by atoms with Gasteiger partial charge in [0.05, 0.1) is 0 Å². The van der Waals surface area contributed by atoms with Crippen molar-refractivity contribution >= 4 is 5.69 Å². The lowest BCUT2D eigenvalue weighted by molar-refractivity contribution is 0.220. The number of likely N-dealkylation sites (tertiary alicyclic amines) is 1. The molecule has 118 valence electrons. The van der Waals surface area contributed by atoms with Crippen molar-refractivity contribution < 1.29 is 8.78 Å². The van der Waals surface area contributed by atoms with E-state index in [1.54, 1.807) is 11.9 Å². The van der Waals surface area contributed by atoms with Gasteiger partial charge in [-0.25, -0.2) is 8.78 Å². The fourth-order valence-corrected chi connectivity index (χ4v) is 3.07. The molecule has 0 spiro atoms. The summed E-state index contributed by atoms with van der Waals surface area (Å²) in [6.07, 6.45) is 2.37. The third-order valence-electron chi connectivity index (χ3n) is 4.41. The highest BCUT2D eigenvalue weighted by atomic mass is 19.1. The maximum Gasteiger partial charge on any atom is 0.149 e. The smallest absolute Gasteiger partial charge is 0.149 e. The van der Waals surface area contributed by atoms with Crippen LogP contribution in [0.5, 0.6) is 0 Å². The Hall–Kier alpha value is -1.20. The Morgan fingerprint density at radius 1 is 1.24 bits per heavy atom. The molecule has 2 N–H and O–H groups in total. The lowest BCUT2D eigenvalue weighted by Gasteiger charge is -2.37. The SMILES string of the molecule is CCN1CCC(N(C)c2c(F)cc(CCN)cc2F)CC1. The lowest BCUT2D eigenvalue weighted by Crippen LogP contribution is -2.43. The summed E-state index contributed by atoms with van der Waals surface area (Å²) in [5, 5.41) is 0. The predicted octanol–water partition coefficient (Wildman–Crippen LogP) is 2.39. The summed E-state index contributed by atoms with van der Waals surface area (Å²) in [6.45, 7) is 5.54. The highest BCUT2D eigenvalue weighted by Crippen LogP contribution is 2.28. The molecule has 2 rings (SSSR count). The molecule has 1 aliphatic heterocycles. The van der Waals surface area contributed by atoms with E-state index in [4.69, 9.17) is 5.73 Å².